The number of unbranched alkanes of at least 4 members (excludes halogenated alkanes) is 50. The molecule has 0 heterocycles. The second kappa shape index (κ2) is 63.9. The van der Waals surface area contributed by atoms with Crippen LogP contribution in [0.3, 0.4) is 0 Å². The molecule has 0 aromatic carbocycles. The molecule has 0 aliphatic carbocycles. The van der Waals surface area contributed by atoms with Gasteiger partial charge in [-0.25, -0.2) is 0 Å². The maximum atomic E-state index is 12.4. The molecule has 1 amide bonds. The lowest BCUT2D eigenvalue weighted by Crippen LogP contribution is -2.45. The van der Waals surface area contributed by atoms with Crippen LogP contribution in [0.5, 0.6) is 0 Å². The Bertz CT molecular complexity index is 1150. The molecule has 0 saturated heterocycles. The summed E-state index contributed by atoms with van der Waals surface area (Å²) in [5.74, 6) is -0.0446. The van der Waals surface area contributed by atoms with Crippen LogP contribution in [-0.2, 0) is 14.3 Å². The van der Waals surface area contributed by atoms with E-state index in [2.05, 4.69) is 31.3 Å². The highest BCUT2D eigenvalue weighted by Gasteiger charge is 2.18. The maximum Gasteiger partial charge on any atom is 0.305 e. The van der Waals surface area contributed by atoms with Crippen LogP contribution in [-0.4, -0.2) is 47.4 Å². The van der Waals surface area contributed by atoms with Gasteiger partial charge in [-0.3, -0.25) is 9.59 Å². The van der Waals surface area contributed by atoms with Crippen molar-refractivity contribution in [3.8, 4) is 0 Å². The van der Waals surface area contributed by atoms with Crippen molar-refractivity contribution in [2.24, 2.45) is 0 Å². The Morgan fingerprint density at radius 2 is 0.635 bits per heavy atom. The van der Waals surface area contributed by atoms with E-state index in [1.807, 2.05) is 6.08 Å². The number of esters is 1. The first-order valence-corrected chi connectivity index (χ1v) is 33.6. The standard InChI is InChI=1S/C68H131NO5/c1-3-5-7-9-11-13-15-40-44-48-52-56-60-66(71)65(64-70)69-67(72)61-57-53-49-45-41-38-36-34-32-30-28-26-24-22-20-18-17-19-21-23-25-27-29-31-33-35-37-39-43-47-51-55-59-63-74-68(73)62-58-54-50-46-42-16-14-12-10-8-6-4-2/h21,23,56,60,65-66,70-71H,3-20,22,24-55,57-59,61-64H2,1-2H3,(H,69,72)/b23-21-,60-56+. The number of allylic oxidation sites excluding steroid dienone is 3. The van der Waals surface area contributed by atoms with Crippen molar-refractivity contribution in [3.63, 3.8) is 0 Å². The van der Waals surface area contributed by atoms with Gasteiger partial charge in [-0.1, -0.05) is 327 Å². The lowest BCUT2D eigenvalue weighted by molar-refractivity contribution is -0.143. The number of carbonyl (C=O) groups is 2. The molecule has 0 aromatic rings. The number of carbonyl (C=O) groups excluding carboxylic acids is 2. The van der Waals surface area contributed by atoms with Crippen molar-refractivity contribution in [3.05, 3.63) is 24.3 Å². The van der Waals surface area contributed by atoms with E-state index in [0.29, 0.717) is 19.4 Å². The zero-order valence-corrected chi connectivity index (χ0v) is 50.1. The molecule has 0 spiro atoms. The number of aliphatic hydroxyl groups excluding tert-OH is 2. The number of hydrogen-bond acceptors (Lipinski definition) is 5. The summed E-state index contributed by atoms with van der Waals surface area (Å²) in [5, 5.41) is 23.1. The Balaban J connectivity index is 3.34. The summed E-state index contributed by atoms with van der Waals surface area (Å²) < 4.78 is 5.48. The number of hydrogen-bond donors (Lipinski definition) is 3. The minimum Gasteiger partial charge on any atom is -0.466 e. The monoisotopic (exact) mass is 1040 g/mol. The molecule has 0 aromatic heterocycles. The van der Waals surface area contributed by atoms with Gasteiger partial charge in [0.2, 0.25) is 5.91 Å². The van der Waals surface area contributed by atoms with Gasteiger partial charge in [0.1, 0.15) is 0 Å². The number of amides is 1. The van der Waals surface area contributed by atoms with E-state index in [9.17, 15) is 19.8 Å². The molecule has 0 bridgehead atoms. The van der Waals surface area contributed by atoms with E-state index < -0.39 is 12.1 Å². The van der Waals surface area contributed by atoms with E-state index >= 15 is 0 Å². The quantitative estimate of drug-likeness (QED) is 0.0320. The molecule has 0 rings (SSSR count). The van der Waals surface area contributed by atoms with Gasteiger partial charge in [-0.05, 0) is 57.8 Å². The predicted octanol–water partition coefficient (Wildman–Crippen LogP) is 21.4. The largest absolute Gasteiger partial charge is 0.466 e. The summed E-state index contributed by atoms with van der Waals surface area (Å²) >= 11 is 0. The van der Waals surface area contributed by atoms with Gasteiger partial charge < -0.3 is 20.3 Å². The molecule has 2 unspecified atom stereocenters. The maximum absolute atomic E-state index is 12.4. The van der Waals surface area contributed by atoms with Gasteiger partial charge in [0.15, 0.2) is 0 Å². The van der Waals surface area contributed by atoms with E-state index in [4.69, 9.17) is 4.74 Å². The van der Waals surface area contributed by atoms with Crippen molar-refractivity contribution < 1.29 is 24.5 Å². The summed E-state index contributed by atoms with van der Waals surface area (Å²) in [6.07, 6.45) is 79.7. The Morgan fingerprint density at radius 1 is 0.365 bits per heavy atom. The third-order valence-electron chi connectivity index (χ3n) is 15.7. The highest BCUT2D eigenvalue weighted by molar-refractivity contribution is 5.76. The number of aliphatic hydroxyl groups is 2. The van der Waals surface area contributed by atoms with Crippen molar-refractivity contribution in [2.75, 3.05) is 13.2 Å². The summed E-state index contributed by atoms with van der Waals surface area (Å²) in [4.78, 5) is 24.5. The van der Waals surface area contributed by atoms with Crippen LogP contribution in [0.25, 0.3) is 0 Å². The minimum absolute atomic E-state index is 0.0195. The van der Waals surface area contributed by atoms with Crippen LogP contribution >= 0.6 is 0 Å². The van der Waals surface area contributed by atoms with Gasteiger partial charge in [0, 0.05) is 12.8 Å². The predicted molar refractivity (Wildman–Crippen MR) is 324 cm³/mol. The van der Waals surface area contributed by atoms with Crippen molar-refractivity contribution in [2.45, 2.75) is 386 Å². The minimum atomic E-state index is -0.840. The normalized spacial score (nSPS) is 12.6. The average molecular weight is 1040 g/mol. The second-order valence-electron chi connectivity index (χ2n) is 23.2. The van der Waals surface area contributed by atoms with E-state index in [0.717, 1.165) is 38.5 Å². The van der Waals surface area contributed by atoms with Crippen LogP contribution < -0.4 is 5.32 Å². The average Bonchev–Trinajstić information content (AvgIpc) is 3.40. The fourth-order valence-corrected chi connectivity index (χ4v) is 10.6. The Labute approximate surface area is 462 Å². The zero-order chi connectivity index (χ0) is 53.6. The number of nitrogens with one attached hydrogen (secondary N) is 1. The summed E-state index contributed by atoms with van der Waals surface area (Å²) in [5.41, 5.74) is 0. The highest BCUT2D eigenvalue weighted by atomic mass is 16.5. The van der Waals surface area contributed by atoms with Crippen molar-refractivity contribution in [1.29, 1.82) is 0 Å². The lowest BCUT2D eigenvalue weighted by atomic mass is 10.0. The first kappa shape index (κ1) is 72.3. The Morgan fingerprint density at radius 3 is 0.959 bits per heavy atom. The fourth-order valence-electron chi connectivity index (χ4n) is 10.6. The van der Waals surface area contributed by atoms with E-state index in [1.165, 1.54) is 308 Å². The molecule has 0 aliphatic rings. The fraction of sp³-hybridized carbons (Fsp3) is 0.912. The van der Waals surface area contributed by atoms with Gasteiger partial charge in [-0.2, -0.15) is 0 Å². The third kappa shape index (κ3) is 59.6. The molecule has 6 heteroatoms. The van der Waals surface area contributed by atoms with Crippen LogP contribution in [0.15, 0.2) is 24.3 Å². The molecule has 6 nitrogen and oxygen atoms in total. The van der Waals surface area contributed by atoms with Crippen LogP contribution in [0.4, 0.5) is 0 Å². The molecular weight excluding hydrogens is 911 g/mol. The van der Waals surface area contributed by atoms with Crippen LogP contribution in [0.2, 0.25) is 0 Å². The molecule has 438 valence electrons. The molecule has 0 aliphatic heterocycles. The second-order valence-corrected chi connectivity index (χ2v) is 23.2. The first-order chi connectivity index (χ1) is 36.5. The molecule has 0 saturated carbocycles. The third-order valence-corrected chi connectivity index (χ3v) is 15.7. The molecule has 0 radical (unpaired) electrons. The molecule has 3 N–H and O–H groups in total. The number of rotatable bonds is 63. The molecule has 74 heavy (non-hydrogen) atoms. The van der Waals surface area contributed by atoms with Gasteiger partial charge >= 0.3 is 5.97 Å². The van der Waals surface area contributed by atoms with Gasteiger partial charge in [0.05, 0.1) is 25.4 Å². The zero-order valence-electron chi connectivity index (χ0n) is 50.1. The molecular formula is C68H131NO5. The Kier molecular flexibility index (Phi) is 62.4. The van der Waals surface area contributed by atoms with E-state index in [1.54, 1.807) is 6.08 Å². The van der Waals surface area contributed by atoms with Gasteiger partial charge in [-0.15, -0.1) is 0 Å². The van der Waals surface area contributed by atoms with Gasteiger partial charge in [0.25, 0.3) is 0 Å². The van der Waals surface area contributed by atoms with Crippen molar-refractivity contribution in [1.82, 2.24) is 5.32 Å². The summed E-state index contributed by atoms with van der Waals surface area (Å²) in [6, 6.07) is -0.624. The topological polar surface area (TPSA) is 95.9 Å². The lowest BCUT2D eigenvalue weighted by Gasteiger charge is -2.20. The Hall–Kier alpha value is -1.66. The van der Waals surface area contributed by atoms with E-state index in [-0.39, 0.29) is 18.5 Å². The summed E-state index contributed by atoms with van der Waals surface area (Å²) in [7, 11) is 0. The SMILES string of the molecule is CCCCCCCCCCCC/C=C/C(O)C(CO)NC(=O)CCCCCCCCCCCCCCCCCCC/C=C\CCCCCCCCCCCCCCOC(=O)CCCCCCCCCCCCCC. The molecule has 2 atom stereocenters. The first-order valence-electron chi connectivity index (χ1n) is 33.6. The summed E-state index contributed by atoms with van der Waals surface area (Å²) in [6.45, 7) is 4.92. The highest BCUT2D eigenvalue weighted by Crippen LogP contribution is 2.18. The molecule has 0 fully saturated rings. The smallest absolute Gasteiger partial charge is 0.305 e. The van der Waals surface area contributed by atoms with Crippen molar-refractivity contribution >= 4 is 11.9 Å². The number of ether oxygens (including phenoxy) is 1. The van der Waals surface area contributed by atoms with Crippen LogP contribution in [0, 0.1) is 0 Å². The van der Waals surface area contributed by atoms with Crippen LogP contribution in [0.1, 0.15) is 373 Å².